The van der Waals surface area contributed by atoms with Crippen LogP contribution in [0.2, 0.25) is 0 Å². The van der Waals surface area contributed by atoms with Gasteiger partial charge >= 0.3 is 0 Å². The molecule has 0 spiro atoms. The molecular formula is C10H18N2OS. The van der Waals surface area contributed by atoms with Crippen molar-refractivity contribution in [2.24, 2.45) is 0 Å². The number of carbonyl (C=O) groups is 1. The van der Waals surface area contributed by atoms with Crippen LogP contribution in [0.3, 0.4) is 0 Å². The highest BCUT2D eigenvalue weighted by Crippen LogP contribution is 2.21. The zero-order valence-corrected chi connectivity index (χ0v) is 9.65. The lowest BCUT2D eigenvalue weighted by Crippen LogP contribution is -2.24. The van der Waals surface area contributed by atoms with Gasteiger partial charge in [0.2, 0.25) is 5.91 Å². The summed E-state index contributed by atoms with van der Waals surface area (Å²) in [5.74, 6) is 0.549. The highest BCUT2D eigenvalue weighted by Gasteiger charge is 2.08. The number of rotatable bonds is 4. The Bertz CT molecular complexity index is 312. The molecule has 1 amide bonds. The summed E-state index contributed by atoms with van der Waals surface area (Å²) in [6.45, 7) is 6.85. The Hall–Kier alpha value is -0.900. The molecule has 80 valence electrons. The first kappa shape index (κ1) is 11.2. The number of thiazole rings is 1. The minimum absolute atomic E-state index is 0. The monoisotopic (exact) mass is 214 g/mol. The van der Waals surface area contributed by atoms with Crippen LogP contribution in [0, 0.1) is 0 Å². The molecule has 1 aromatic rings. The van der Waals surface area contributed by atoms with E-state index in [0.29, 0.717) is 18.9 Å². The van der Waals surface area contributed by atoms with Gasteiger partial charge in [-0.2, -0.15) is 0 Å². The number of aromatic nitrogens is 1. The predicted octanol–water partition coefficient (Wildman–Crippen LogP) is 2.19. The second-order valence-electron chi connectivity index (χ2n) is 3.44. The van der Waals surface area contributed by atoms with Crippen molar-refractivity contribution in [1.82, 2.24) is 10.3 Å². The van der Waals surface area contributed by atoms with Gasteiger partial charge in [0.05, 0.1) is 6.42 Å². The van der Waals surface area contributed by atoms with Gasteiger partial charge < -0.3 is 5.32 Å². The number of hydrogen-bond acceptors (Lipinski definition) is 3. The van der Waals surface area contributed by atoms with E-state index in [2.05, 4.69) is 24.1 Å². The summed E-state index contributed by atoms with van der Waals surface area (Å²) < 4.78 is 0. The minimum Gasteiger partial charge on any atom is -0.356 e. The van der Waals surface area contributed by atoms with E-state index in [4.69, 9.17) is 0 Å². The van der Waals surface area contributed by atoms with Crippen LogP contribution in [0.15, 0.2) is 6.20 Å². The average Bonchev–Trinajstić information content (AvgIpc) is 2.53. The van der Waals surface area contributed by atoms with Gasteiger partial charge in [-0.05, 0) is 12.8 Å². The predicted molar refractivity (Wildman–Crippen MR) is 60.7 cm³/mol. The minimum atomic E-state index is 0. The van der Waals surface area contributed by atoms with Gasteiger partial charge in [0.15, 0.2) is 0 Å². The molecule has 14 heavy (non-hydrogen) atoms. The summed E-state index contributed by atoms with van der Waals surface area (Å²) in [5, 5.41) is 3.66. The number of nitrogens with zero attached hydrogens (tertiary/aromatic N) is 1. The van der Waals surface area contributed by atoms with E-state index in [1.807, 2.05) is 13.1 Å². The fourth-order valence-corrected chi connectivity index (χ4v) is 1.99. The Kier molecular flexibility index (Phi) is 4.07. The lowest BCUT2D eigenvalue weighted by molar-refractivity contribution is -0.120. The number of amides is 1. The number of nitrogens with one attached hydrogen (secondary N) is 1. The molecule has 0 atom stereocenters. The fraction of sp³-hybridized carbons (Fsp3) is 0.600. The highest BCUT2D eigenvalue weighted by atomic mass is 32.1. The molecule has 1 heterocycles. The van der Waals surface area contributed by atoms with Gasteiger partial charge in [-0.1, -0.05) is 13.8 Å². The third kappa shape index (κ3) is 3.10. The molecule has 0 unspecified atom stereocenters. The molecule has 0 aliphatic rings. The maximum Gasteiger partial charge on any atom is 0.226 e. The van der Waals surface area contributed by atoms with Crippen molar-refractivity contribution in [3.05, 3.63) is 16.1 Å². The molecule has 1 rings (SSSR count). The van der Waals surface area contributed by atoms with Gasteiger partial charge in [-0.3, -0.25) is 4.79 Å². The first-order valence-electron chi connectivity index (χ1n) is 4.84. The van der Waals surface area contributed by atoms with Gasteiger partial charge in [0.25, 0.3) is 0 Å². The van der Waals surface area contributed by atoms with Crippen LogP contribution in [0.1, 0.15) is 38.0 Å². The maximum atomic E-state index is 11.2. The van der Waals surface area contributed by atoms with E-state index in [-0.39, 0.29) is 7.33 Å². The quantitative estimate of drug-likeness (QED) is 0.834. The van der Waals surface area contributed by atoms with Crippen molar-refractivity contribution >= 4 is 17.2 Å². The summed E-state index contributed by atoms with van der Waals surface area (Å²) in [7, 11) is 0. The van der Waals surface area contributed by atoms with E-state index in [0.717, 1.165) is 5.01 Å². The molecule has 0 saturated carbocycles. The van der Waals surface area contributed by atoms with Crippen LogP contribution in [-0.4, -0.2) is 17.4 Å². The molecule has 1 N–H and O–H groups in total. The van der Waals surface area contributed by atoms with Crippen molar-refractivity contribution in [3.63, 3.8) is 0 Å². The van der Waals surface area contributed by atoms with Crippen molar-refractivity contribution in [2.75, 3.05) is 6.54 Å². The van der Waals surface area contributed by atoms with Gasteiger partial charge in [-0.25, -0.2) is 4.98 Å². The van der Waals surface area contributed by atoms with E-state index in [1.165, 1.54) is 4.88 Å². The zero-order valence-electron chi connectivity index (χ0n) is 8.83. The van der Waals surface area contributed by atoms with Crippen molar-refractivity contribution in [1.29, 1.82) is 0 Å². The van der Waals surface area contributed by atoms with E-state index < -0.39 is 0 Å². The number of carbonyl (C=O) groups excluding carboxylic acids is 1. The smallest absolute Gasteiger partial charge is 0.226 e. The summed E-state index contributed by atoms with van der Waals surface area (Å²) >= 11 is 1.62. The number of likely N-dealkylation sites (N-methyl/N-ethyl adjacent to an activating group) is 1. The van der Waals surface area contributed by atoms with Crippen molar-refractivity contribution in [3.8, 4) is 0 Å². The summed E-state index contributed by atoms with van der Waals surface area (Å²) in [6, 6.07) is 0. The van der Waals surface area contributed by atoms with Crippen LogP contribution in [0.4, 0.5) is 0 Å². The molecule has 1 aromatic heterocycles. The van der Waals surface area contributed by atoms with Crippen LogP contribution >= 0.6 is 11.3 Å². The maximum absolute atomic E-state index is 11.2. The second kappa shape index (κ2) is 5.10. The molecule has 0 bridgehead atoms. The van der Waals surface area contributed by atoms with Gasteiger partial charge in [0.1, 0.15) is 5.01 Å². The van der Waals surface area contributed by atoms with Crippen LogP contribution < -0.4 is 5.32 Å². The third-order valence-corrected chi connectivity index (χ3v) is 3.12. The van der Waals surface area contributed by atoms with Crippen molar-refractivity contribution in [2.45, 2.75) is 33.1 Å². The first-order valence-corrected chi connectivity index (χ1v) is 5.66. The van der Waals surface area contributed by atoms with E-state index >= 15 is 0 Å². The van der Waals surface area contributed by atoms with Crippen LogP contribution in [-0.2, 0) is 11.2 Å². The second-order valence-corrected chi connectivity index (χ2v) is 4.59. The first-order chi connectivity index (χ1) is 6.63. The number of hydrogen-bond donors (Lipinski definition) is 1. The third-order valence-electron chi connectivity index (χ3n) is 1.83. The molecule has 0 aromatic carbocycles. The van der Waals surface area contributed by atoms with Crippen LogP contribution in [0.5, 0.6) is 0 Å². The largest absolute Gasteiger partial charge is 0.356 e. The Morgan fingerprint density at radius 2 is 2.43 bits per heavy atom. The average molecular weight is 214 g/mol. The van der Waals surface area contributed by atoms with Gasteiger partial charge in [-0.15, -0.1) is 11.3 Å². The molecule has 0 saturated heterocycles. The molecule has 3 nitrogen and oxygen atoms in total. The zero-order chi connectivity index (χ0) is 10.6. The Morgan fingerprint density at radius 1 is 1.71 bits per heavy atom. The Labute approximate surface area is 90.0 Å². The SMILES string of the molecule is CCNC(=O)Cc1ncc(C(C)C)s1.[HH]. The summed E-state index contributed by atoms with van der Waals surface area (Å²) in [5.41, 5.74) is 0. The molecular weight excluding hydrogens is 196 g/mol. The van der Waals surface area contributed by atoms with Gasteiger partial charge in [0, 0.05) is 19.0 Å². The normalized spacial score (nSPS) is 10.6. The van der Waals surface area contributed by atoms with Crippen LogP contribution in [0.25, 0.3) is 0 Å². The highest BCUT2D eigenvalue weighted by molar-refractivity contribution is 7.11. The molecule has 0 aliphatic carbocycles. The molecule has 0 radical (unpaired) electrons. The lowest BCUT2D eigenvalue weighted by atomic mass is 10.2. The fourth-order valence-electron chi connectivity index (χ4n) is 1.07. The topological polar surface area (TPSA) is 42.0 Å². The van der Waals surface area contributed by atoms with E-state index in [1.54, 1.807) is 11.3 Å². The summed E-state index contributed by atoms with van der Waals surface area (Å²) in [4.78, 5) is 16.7. The summed E-state index contributed by atoms with van der Waals surface area (Å²) in [6.07, 6.45) is 2.27. The van der Waals surface area contributed by atoms with E-state index in [9.17, 15) is 4.79 Å². The Balaban J connectivity index is 0.00000196. The molecule has 0 aliphatic heterocycles. The lowest BCUT2D eigenvalue weighted by Gasteiger charge is -1.98. The Morgan fingerprint density at radius 3 is 2.93 bits per heavy atom. The molecule has 4 heteroatoms. The molecule has 0 fully saturated rings. The van der Waals surface area contributed by atoms with Crippen molar-refractivity contribution < 1.29 is 6.22 Å². The standard InChI is InChI=1S/C10H16N2OS.H2/c1-4-11-9(13)5-10-12-6-8(14-10)7(2)3;/h6-7H,4-5H2,1-3H3,(H,11,13);1H.